The lowest BCUT2D eigenvalue weighted by Crippen LogP contribution is -2.13. The first-order valence-electron chi connectivity index (χ1n) is 8.46. The van der Waals surface area contributed by atoms with E-state index in [1.807, 2.05) is 0 Å². The number of ether oxygens (including phenoxy) is 2. The fourth-order valence-corrected chi connectivity index (χ4v) is 4.09. The van der Waals surface area contributed by atoms with Gasteiger partial charge in [-0.15, -0.1) is 11.3 Å². The van der Waals surface area contributed by atoms with Crippen LogP contribution in [-0.2, 0) is 26.1 Å². The van der Waals surface area contributed by atoms with Crippen LogP contribution in [0.25, 0.3) is 11.0 Å². The SMILES string of the molecule is CCOC(=O)Nc1ccc2c(COC(=O)c3csc(S(N)(=O)=O)c3)cc(=O)oc2c1. The molecular formula is C18H16N2O8S2. The maximum absolute atomic E-state index is 12.2. The largest absolute Gasteiger partial charge is 0.457 e. The summed E-state index contributed by atoms with van der Waals surface area (Å²) in [5.41, 5.74) is 0.257. The van der Waals surface area contributed by atoms with Gasteiger partial charge in [0.1, 0.15) is 16.4 Å². The molecule has 0 saturated heterocycles. The van der Waals surface area contributed by atoms with Crippen LogP contribution in [0.2, 0.25) is 0 Å². The monoisotopic (exact) mass is 452 g/mol. The third-order valence-electron chi connectivity index (χ3n) is 3.80. The summed E-state index contributed by atoms with van der Waals surface area (Å²) in [6.07, 6.45) is -0.654. The van der Waals surface area contributed by atoms with Gasteiger partial charge in [0.2, 0.25) is 10.0 Å². The second kappa shape index (κ2) is 8.65. The molecule has 158 valence electrons. The average molecular weight is 452 g/mol. The number of amides is 1. The average Bonchev–Trinajstić information content (AvgIpc) is 3.16. The van der Waals surface area contributed by atoms with E-state index in [4.69, 9.17) is 19.0 Å². The number of esters is 1. The third kappa shape index (κ3) is 5.03. The number of anilines is 1. The van der Waals surface area contributed by atoms with Crippen LogP contribution >= 0.6 is 11.3 Å². The molecule has 3 rings (SSSR count). The number of rotatable bonds is 6. The van der Waals surface area contributed by atoms with Gasteiger partial charge < -0.3 is 13.9 Å². The molecule has 0 aliphatic rings. The Bertz CT molecular complexity index is 1280. The van der Waals surface area contributed by atoms with Gasteiger partial charge in [-0.3, -0.25) is 5.32 Å². The highest BCUT2D eigenvalue weighted by Crippen LogP contribution is 2.23. The summed E-state index contributed by atoms with van der Waals surface area (Å²) in [6.45, 7) is 1.61. The predicted octanol–water partition coefficient (Wildman–Crippen LogP) is 2.43. The molecule has 3 N–H and O–H groups in total. The molecule has 1 aromatic carbocycles. The van der Waals surface area contributed by atoms with Gasteiger partial charge in [-0.1, -0.05) is 0 Å². The number of fused-ring (bicyclic) bond motifs is 1. The van der Waals surface area contributed by atoms with Gasteiger partial charge in [-0.05, 0) is 25.1 Å². The van der Waals surface area contributed by atoms with Gasteiger partial charge in [-0.25, -0.2) is 27.9 Å². The fraction of sp³-hybridized carbons (Fsp3) is 0.167. The molecule has 2 aromatic heterocycles. The minimum absolute atomic E-state index is 0.0252. The van der Waals surface area contributed by atoms with Crippen molar-refractivity contribution in [3.8, 4) is 0 Å². The topological polar surface area (TPSA) is 155 Å². The molecule has 3 aromatic rings. The molecule has 12 heteroatoms. The van der Waals surface area contributed by atoms with Crippen molar-refractivity contribution >= 4 is 50.1 Å². The zero-order valence-electron chi connectivity index (χ0n) is 15.5. The van der Waals surface area contributed by atoms with Crippen molar-refractivity contribution < 1.29 is 31.9 Å². The fourth-order valence-electron chi connectivity index (χ4n) is 2.51. The van der Waals surface area contributed by atoms with Crippen LogP contribution in [-0.4, -0.2) is 27.1 Å². The van der Waals surface area contributed by atoms with Crippen LogP contribution in [0.3, 0.4) is 0 Å². The van der Waals surface area contributed by atoms with Crippen molar-refractivity contribution in [1.29, 1.82) is 0 Å². The van der Waals surface area contributed by atoms with E-state index in [2.05, 4.69) is 5.32 Å². The van der Waals surface area contributed by atoms with Crippen LogP contribution in [0.1, 0.15) is 22.8 Å². The molecule has 2 heterocycles. The number of thiophene rings is 1. The third-order valence-corrected chi connectivity index (χ3v) is 6.19. The summed E-state index contributed by atoms with van der Waals surface area (Å²) in [7, 11) is -3.92. The first-order valence-corrected chi connectivity index (χ1v) is 10.9. The van der Waals surface area contributed by atoms with Crippen molar-refractivity contribution in [2.75, 3.05) is 11.9 Å². The molecule has 0 radical (unpaired) electrons. The first-order chi connectivity index (χ1) is 14.2. The second-order valence-corrected chi connectivity index (χ2v) is 8.62. The van der Waals surface area contributed by atoms with E-state index < -0.39 is 27.7 Å². The molecule has 0 aliphatic heterocycles. The second-order valence-electron chi connectivity index (χ2n) is 5.92. The summed E-state index contributed by atoms with van der Waals surface area (Å²) in [4.78, 5) is 35.6. The van der Waals surface area contributed by atoms with E-state index in [0.29, 0.717) is 16.6 Å². The molecule has 30 heavy (non-hydrogen) atoms. The highest BCUT2D eigenvalue weighted by atomic mass is 32.2. The number of benzene rings is 1. The Labute approximate surface area is 174 Å². The Morgan fingerprint density at radius 1 is 1.20 bits per heavy atom. The number of carbonyl (C=O) groups is 2. The molecule has 0 spiro atoms. The summed E-state index contributed by atoms with van der Waals surface area (Å²) in [6, 6.07) is 6.90. The Morgan fingerprint density at radius 2 is 1.97 bits per heavy atom. The van der Waals surface area contributed by atoms with Crippen molar-refractivity contribution in [2.24, 2.45) is 5.14 Å². The van der Waals surface area contributed by atoms with E-state index in [-0.39, 0.29) is 28.6 Å². The summed E-state index contributed by atoms with van der Waals surface area (Å²) in [5, 5.41) is 9.32. The molecule has 0 saturated carbocycles. The zero-order chi connectivity index (χ0) is 21.9. The van der Waals surface area contributed by atoms with E-state index >= 15 is 0 Å². The van der Waals surface area contributed by atoms with Gasteiger partial charge in [0, 0.05) is 34.1 Å². The molecule has 0 bridgehead atoms. The van der Waals surface area contributed by atoms with E-state index in [9.17, 15) is 22.8 Å². The number of nitrogens with one attached hydrogen (secondary N) is 1. The molecule has 0 fully saturated rings. The molecule has 1 amide bonds. The zero-order valence-corrected chi connectivity index (χ0v) is 17.2. The van der Waals surface area contributed by atoms with Crippen LogP contribution in [0.5, 0.6) is 0 Å². The minimum atomic E-state index is -3.92. The van der Waals surface area contributed by atoms with Gasteiger partial charge in [0.15, 0.2) is 0 Å². The normalized spacial score (nSPS) is 11.3. The number of nitrogens with two attached hydrogens (primary N) is 1. The molecule has 0 atom stereocenters. The van der Waals surface area contributed by atoms with E-state index in [0.717, 1.165) is 17.4 Å². The standard InChI is InChI=1S/C18H16N2O8S2/c1-2-26-18(23)20-12-3-4-13-10(5-15(21)28-14(13)7-12)8-27-17(22)11-6-16(29-9-11)30(19,24)25/h3-7,9H,2,8H2,1H3,(H,20,23)(H2,19,24,25). The smallest absolute Gasteiger partial charge is 0.411 e. The Morgan fingerprint density at radius 3 is 2.63 bits per heavy atom. The lowest BCUT2D eigenvalue weighted by Gasteiger charge is -2.09. The Hall–Kier alpha value is -3.22. The summed E-state index contributed by atoms with van der Waals surface area (Å²) in [5.74, 6) is -0.775. The maximum Gasteiger partial charge on any atom is 0.411 e. The Kier molecular flexibility index (Phi) is 6.20. The van der Waals surface area contributed by atoms with Gasteiger partial charge in [0.05, 0.1) is 12.2 Å². The van der Waals surface area contributed by atoms with Crippen LogP contribution in [0, 0.1) is 0 Å². The van der Waals surface area contributed by atoms with Crippen molar-refractivity contribution in [3.05, 3.63) is 57.3 Å². The van der Waals surface area contributed by atoms with Crippen LogP contribution in [0.15, 0.2) is 49.1 Å². The number of sulfonamides is 1. The van der Waals surface area contributed by atoms with Gasteiger partial charge in [0.25, 0.3) is 0 Å². The first kappa shape index (κ1) is 21.5. The van der Waals surface area contributed by atoms with Gasteiger partial charge >= 0.3 is 17.7 Å². The molecule has 0 aliphatic carbocycles. The maximum atomic E-state index is 12.2. The highest BCUT2D eigenvalue weighted by Gasteiger charge is 2.17. The van der Waals surface area contributed by atoms with Crippen LogP contribution in [0.4, 0.5) is 10.5 Å². The van der Waals surface area contributed by atoms with Crippen LogP contribution < -0.4 is 16.1 Å². The van der Waals surface area contributed by atoms with Gasteiger partial charge in [-0.2, -0.15) is 0 Å². The van der Waals surface area contributed by atoms with E-state index in [1.54, 1.807) is 19.1 Å². The summed E-state index contributed by atoms with van der Waals surface area (Å²) >= 11 is 0.798. The minimum Gasteiger partial charge on any atom is -0.457 e. The van der Waals surface area contributed by atoms with Crippen molar-refractivity contribution in [2.45, 2.75) is 17.7 Å². The summed E-state index contributed by atoms with van der Waals surface area (Å²) < 4.78 is 37.6. The lowest BCUT2D eigenvalue weighted by molar-refractivity contribution is 0.0474. The number of primary sulfonamides is 1. The van der Waals surface area contributed by atoms with Crippen molar-refractivity contribution in [3.63, 3.8) is 0 Å². The highest BCUT2D eigenvalue weighted by molar-refractivity contribution is 7.91. The molecule has 10 nitrogen and oxygen atoms in total. The molecule has 0 unspecified atom stereocenters. The predicted molar refractivity (Wildman–Crippen MR) is 108 cm³/mol. The van der Waals surface area contributed by atoms with E-state index in [1.165, 1.54) is 17.5 Å². The number of carbonyl (C=O) groups excluding carboxylic acids is 2. The number of hydrogen-bond acceptors (Lipinski definition) is 9. The lowest BCUT2D eigenvalue weighted by atomic mass is 10.1. The molecular weight excluding hydrogens is 436 g/mol. The Balaban J connectivity index is 1.80. The number of hydrogen-bond donors (Lipinski definition) is 2. The quantitative estimate of drug-likeness (QED) is 0.427. The van der Waals surface area contributed by atoms with Crippen molar-refractivity contribution in [1.82, 2.24) is 0 Å².